The van der Waals surface area contributed by atoms with Crippen LogP contribution in [-0.2, 0) is 6.42 Å². The third-order valence-corrected chi connectivity index (χ3v) is 3.65. The topological polar surface area (TPSA) is 46.1 Å². The molecular formula is C16H17N3O. The molecular weight excluding hydrogens is 250 g/mol. The van der Waals surface area contributed by atoms with Gasteiger partial charge in [0.15, 0.2) is 5.82 Å². The van der Waals surface area contributed by atoms with Gasteiger partial charge in [0.2, 0.25) is 0 Å². The Morgan fingerprint density at radius 2 is 1.80 bits per heavy atom. The average Bonchev–Trinajstić information content (AvgIpc) is 2.46. The van der Waals surface area contributed by atoms with E-state index in [1.165, 1.54) is 0 Å². The highest BCUT2D eigenvalue weighted by atomic mass is 16.2. The van der Waals surface area contributed by atoms with Gasteiger partial charge in [-0.05, 0) is 30.5 Å². The Morgan fingerprint density at radius 3 is 2.30 bits per heavy atom. The Labute approximate surface area is 118 Å². The second-order valence-electron chi connectivity index (χ2n) is 4.99. The third-order valence-electron chi connectivity index (χ3n) is 3.65. The lowest BCUT2D eigenvalue weighted by Crippen LogP contribution is -2.41. The molecule has 2 heterocycles. The molecule has 1 aromatic carbocycles. The van der Waals surface area contributed by atoms with Crippen LogP contribution in [0, 0.1) is 0 Å². The molecule has 20 heavy (non-hydrogen) atoms. The van der Waals surface area contributed by atoms with Crippen LogP contribution < -0.4 is 0 Å². The van der Waals surface area contributed by atoms with Crippen LogP contribution in [0.4, 0.5) is 0 Å². The van der Waals surface area contributed by atoms with Crippen LogP contribution in [-0.4, -0.2) is 33.9 Å². The summed E-state index contributed by atoms with van der Waals surface area (Å²) in [6, 6.07) is 7.53. The van der Waals surface area contributed by atoms with Crippen molar-refractivity contribution in [3.8, 4) is 11.4 Å². The number of hydrogen-bond donors (Lipinski definition) is 0. The van der Waals surface area contributed by atoms with E-state index in [0.717, 1.165) is 42.6 Å². The monoisotopic (exact) mass is 267 g/mol. The second kappa shape index (κ2) is 5.41. The van der Waals surface area contributed by atoms with Gasteiger partial charge in [-0.15, -0.1) is 0 Å². The summed E-state index contributed by atoms with van der Waals surface area (Å²) < 4.78 is 0. The van der Waals surface area contributed by atoms with Gasteiger partial charge < -0.3 is 4.90 Å². The fraction of sp³-hybridized carbons (Fsp3) is 0.312. The Morgan fingerprint density at radius 1 is 1.15 bits per heavy atom. The first-order valence-corrected chi connectivity index (χ1v) is 6.98. The van der Waals surface area contributed by atoms with Crippen molar-refractivity contribution in [1.29, 1.82) is 0 Å². The molecule has 4 nitrogen and oxygen atoms in total. The van der Waals surface area contributed by atoms with Crippen molar-refractivity contribution in [1.82, 2.24) is 14.9 Å². The van der Waals surface area contributed by atoms with Gasteiger partial charge in [-0.3, -0.25) is 4.79 Å². The molecule has 0 saturated carbocycles. The molecule has 1 fully saturated rings. The van der Waals surface area contributed by atoms with Crippen molar-refractivity contribution in [2.24, 2.45) is 0 Å². The molecule has 0 unspecified atom stereocenters. The van der Waals surface area contributed by atoms with Gasteiger partial charge >= 0.3 is 0 Å². The molecule has 0 atom stereocenters. The first-order chi connectivity index (χ1) is 9.78. The minimum Gasteiger partial charge on any atom is -0.339 e. The average molecular weight is 267 g/mol. The van der Waals surface area contributed by atoms with Gasteiger partial charge in [0.05, 0.1) is 0 Å². The van der Waals surface area contributed by atoms with E-state index in [1.54, 1.807) is 0 Å². The fourth-order valence-electron chi connectivity index (χ4n) is 2.15. The highest BCUT2D eigenvalue weighted by Crippen LogP contribution is 2.18. The molecule has 2 aromatic rings. The summed E-state index contributed by atoms with van der Waals surface area (Å²) in [7, 11) is 0. The van der Waals surface area contributed by atoms with Crippen molar-refractivity contribution in [2.45, 2.75) is 19.8 Å². The standard InChI is InChI=1S/C16H17N3O/c1-2-12-10-17-15(18-11-12)13-4-6-14(7-5-13)16(20)19-8-3-9-19/h4-7,10-11H,2-3,8-9H2,1H3. The van der Waals surface area contributed by atoms with Gasteiger partial charge in [-0.1, -0.05) is 19.1 Å². The summed E-state index contributed by atoms with van der Waals surface area (Å²) >= 11 is 0. The number of aryl methyl sites for hydroxylation is 1. The maximum absolute atomic E-state index is 12.1. The summed E-state index contributed by atoms with van der Waals surface area (Å²) in [5.74, 6) is 0.815. The maximum atomic E-state index is 12.1. The number of aromatic nitrogens is 2. The zero-order valence-electron chi connectivity index (χ0n) is 11.5. The van der Waals surface area contributed by atoms with Gasteiger partial charge in [0.25, 0.3) is 5.91 Å². The zero-order chi connectivity index (χ0) is 13.9. The molecule has 0 aliphatic carbocycles. The number of benzene rings is 1. The summed E-state index contributed by atoms with van der Waals surface area (Å²) in [5, 5.41) is 0. The van der Waals surface area contributed by atoms with E-state index in [4.69, 9.17) is 0 Å². The first-order valence-electron chi connectivity index (χ1n) is 6.98. The molecule has 1 aromatic heterocycles. The van der Waals surface area contributed by atoms with Crippen LogP contribution >= 0.6 is 0 Å². The quantitative estimate of drug-likeness (QED) is 0.858. The molecule has 1 aliphatic heterocycles. The van der Waals surface area contributed by atoms with Crippen molar-refractivity contribution in [3.05, 3.63) is 47.8 Å². The van der Waals surface area contributed by atoms with Gasteiger partial charge in [-0.2, -0.15) is 0 Å². The summed E-state index contributed by atoms with van der Waals surface area (Å²) in [6.07, 6.45) is 5.74. The molecule has 0 radical (unpaired) electrons. The molecule has 1 saturated heterocycles. The minimum absolute atomic E-state index is 0.116. The van der Waals surface area contributed by atoms with Crippen LogP contribution in [0.15, 0.2) is 36.7 Å². The molecule has 0 bridgehead atoms. The van der Waals surface area contributed by atoms with Crippen LogP contribution in [0.5, 0.6) is 0 Å². The highest BCUT2D eigenvalue weighted by Gasteiger charge is 2.21. The lowest BCUT2D eigenvalue weighted by Gasteiger charge is -2.30. The maximum Gasteiger partial charge on any atom is 0.253 e. The molecule has 1 amide bonds. The van der Waals surface area contributed by atoms with Crippen LogP contribution in [0.2, 0.25) is 0 Å². The van der Waals surface area contributed by atoms with Crippen molar-refractivity contribution >= 4 is 5.91 Å². The van der Waals surface area contributed by atoms with E-state index < -0.39 is 0 Å². The Kier molecular flexibility index (Phi) is 3.46. The summed E-state index contributed by atoms with van der Waals surface area (Å²) in [6.45, 7) is 3.83. The molecule has 0 spiro atoms. The van der Waals surface area contributed by atoms with Crippen molar-refractivity contribution in [2.75, 3.05) is 13.1 Å². The SMILES string of the molecule is CCc1cnc(-c2ccc(C(=O)N3CCC3)cc2)nc1. The second-order valence-corrected chi connectivity index (χ2v) is 4.99. The smallest absolute Gasteiger partial charge is 0.253 e. The summed E-state index contributed by atoms with van der Waals surface area (Å²) in [4.78, 5) is 22.6. The number of likely N-dealkylation sites (tertiary alicyclic amines) is 1. The largest absolute Gasteiger partial charge is 0.339 e. The van der Waals surface area contributed by atoms with Crippen molar-refractivity contribution < 1.29 is 4.79 Å². The molecule has 0 N–H and O–H groups in total. The molecule has 3 rings (SSSR count). The number of rotatable bonds is 3. The molecule has 102 valence electrons. The van der Waals surface area contributed by atoms with E-state index in [0.29, 0.717) is 5.82 Å². The number of hydrogen-bond acceptors (Lipinski definition) is 3. The third kappa shape index (κ3) is 2.41. The van der Waals surface area contributed by atoms with Gasteiger partial charge in [-0.25, -0.2) is 9.97 Å². The van der Waals surface area contributed by atoms with Gasteiger partial charge in [0, 0.05) is 36.6 Å². The number of nitrogens with zero attached hydrogens (tertiary/aromatic N) is 3. The first kappa shape index (κ1) is 12.8. The van der Waals surface area contributed by atoms with Crippen molar-refractivity contribution in [3.63, 3.8) is 0 Å². The van der Waals surface area contributed by atoms with E-state index in [2.05, 4.69) is 16.9 Å². The predicted molar refractivity (Wildman–Crippen MR) is 77.4 cm³/mol. The molecule has 4 heteroatoms. The summed E-state index contributed by atoms with van der Waals surface area (Å²) in [5.41, 5.74) is 2.80. The number of carbonyl (C=O) groups excluding carboxylic acids is 1. The van der Waals surface area contributed by atoms with Crippen LogP contribution in [0.1, 0.15) is 29.3 Å². The van der Waals surface area contributed by atoms with E-state index >= 15 is 0 Å². The fourth-order valence-corrected chi connectivity index (χ4v) is 2.15. The normalized spacial score (nSPS) is 13.9. The van der Waals surface area contributed by atoms with Crippen LogP contribution in [0.25, 0.3) is 11.4 Å². The Hall–Kier alpha value is -2.23. The highest BCUT2D eigenvalue weighted by molar-refractivity contribution is 5.95. The number of carbonyl (C=O) groups is 1. The van der Waals surface area contributed by atoms with E-state index in [-0.39, 0.29) is 5.91 Å². The van der Waals surface area contributed by atoms with E-state index in [1.807, 2.05) is 41.6 Å². The Balaban J connectivity index is 1.79. The van der Waals surface area contributed by atoms with Gasteiger partial charge in [0.1, 0.15) is 0 Å². The lowest BCUT2D eigenvalue weighted by atomic mass is 10.1. The minimum atomic E-state index is 0.116. The molecule has 1 aliphatic rings. The lowest BCUT2D eigenvalue weighted by molar-refractivity contribution is 0.0652. The van der Waals surface area contributed by atoms with Crippen LogP contribution in [0.3, 0.4) is 0 Å². The zero-order valence-corrected chi connectivity index (χ0v) is 11.5. The Bertz CT molecular complexity index is 601. The number of amides is 1. The van der Waals surface area contributed by atoms with E-state index in [9.17, 15) is 4.79 Å². The predicted octanol–water partition coefficient (Wildman–Crippen LogP) is 2.55.